The van der Waals surface area contributed by atoms with Crippen LogP contribution in [-0.2, 0) is 6.42 Å². The van der Waals surface area contributed by atoms with Gasteiger partial charge in [-0.25, -0.2) is 4.39 Å². The molecule has 3 rings (SSSR count). The summed E-state index contributed by atoms with van der Waals surface area (Å²) in [7, 11) is 0. The van der Waals surface area contributed by atoms with Gasteiger partial charge in [0.15, 0.2) is 0 Å². The Bertz CT molecular complexity index is 472. The highest BCUT2D eigenvalue weighted by atomic mass is 35.5. The number of nitrogens with one attached hydrogen (secondary N) is 1. The van der Waals surface area contributed by atoms with Crippen molar-refractivity contribution < 1.29 is 4.39 Å². The van der Waals surface area contributed by atoms with Crippen LogP contribution in [0.4, 0.5) is 4.39 Å². The Labute approximate surface area is 132 Å². The van der Waals surface area contributed by atoms with Crippen LogP contribution < -0.4 is 5.32 Å². The predicted molar refractivity (Wildman–Crippen MR) is 86.2 cm³/mol. The van der Waals surface area contributed by atoms with Gasteiger partial charge in [0.25, 0.3) is 0 Å². The van der Waals surface area contributed by atoms with Gasteiger partial charge in [-0.15, -0.1) is 0 Å². The molecule has 0 spiro atoms. The smallest absolute Gasteiger partial charge is 0.144 e. The summed E-state index contributed by atoms with van der Waals surface area (Å²) >= 11 is 5.92. The Hall–Kier alpha value is -0.600. The first-order valence-electron chi connectivity index (χ1n) is 8.40. The lowest BCUT2D eigenvalue weighted by atomic mass is 9.83. The molecule has 0 saturated heterocycles. The van der Waals surface area contributed by atoms with Crippen LogP contribution in [0.25, 0.3) is 0 Å². The first-order valence-corrected chi connectivity index (χ1v) is 8.78. The summed E-state index contributed by atoms with van der Waals surface area (Å²) < 4.78 is 14.2. The fourth-order valence-corrected chi connectivity index (χ4v) is 3.79. The molecule has 0 aliphatic heterocycles. The topological polar surface area (TPSA) is 12.0 Å². The van der Waals surface area contributed by atoms with Crippen LogP contribution in [0.2, 0.25) is 5.02 Å². The molecular formula is C18H25ClFN. The summed E-state index contributed by atoms with van der Waals surface area (Å²) in [5.41, 5.74) is 0.797. The quantitative estimate of drug-likeness (QED) is 0.757. The van der Waals surface area contributed by atoms with Crippen molar-refractivity contribution in [3.8, 4) is 0 Å². The number of halogens is 2. The van der Waals surface area contributed by atoms with Crippen LogP contribution in [0, 0.1) is 17.7 Å². The maximum Gasteiger partial charge on any atom is 0.144 e. The second-order valence-electron chi connectivity index (χ2n) is 6.76. The van der Waals surface area contributed by atoms with Gasteiger partial charge in [-0.05, 0) is 62.1 Å². The molecule has 0 bridgehead atoms. The second kappa shape index (κ2) is 7.11. The van der Waals surface area contributed by atoms with E-state index >= 15 is 0 Å². The van der Waals surface area contributed by atoms with Gasteiger partial charge >= 0.3 is 0 Å². The molecule has 0 radical (unpaired) electrons. The molecule has 0 heterocycles. The van der Waals surface area contributed by atoms with Gasteiger partial charge < -0.3 is 5.32 Å². The zero-order valence-corrected chi connectivity index (χ0v) is 13.3. The summed E-state index contributed by atoms with van der Waals surface area (Å²) in [5, 5.41) is 3.93. The molecule has 2 fully saturated rings. The standard InChI is InChI=1S/C18H25ClFN/c19-17-8-4-7-14(18(17)20)11-13-5-2-1-3-6-15(13)12-21-16-9-10-16/h4,7-8,13,15-16,21H,1-3,5-6,9-12H2. The maximum absolute atomic E-state index is 14.2. The van der Waals surface area contributed by atoms with Gasteiger partial charge in [0.2, 0.25) is 0 Å². The molecule has 2 unspecified atom stereocenters. The molecule has 21 heavy (non-hydrogen) atoms. The summed E-state index contributed by atoms with van der Waals surface area (Å²) in [5.74, 6) is 1.07. The summed E-state index contributed by atoms with van der Waals surface area (Å²) in [6.07, 6.45) is 9.95. The van der Waals surface area contributed by atoms with E-state index in [0.29, 0.717) is 11.8 Å². The third kappa shape index (κ3) is 4.20. The molecule has 3 heteroatoms. The predicted octanol–water partition coefficient (Wildman–Crippen LogP) is 4.97. The van der Waals surface area contributed by atoms with E-state index in [2.05, 4.69) is 5.32 Å². The summed E-state index contributed by atoms with van der Waals surface area (Å²) in [6.45, 7) is 1.11. The molecule has 1 aromatic rings. The monoisotopic (exact) mass is 309 g/mol. The average Bonchev–Trinajstić information content (AvgIpc) is 3.30. The Morgan fingerprint density at radius 1 is 1.05 bits per heavy atom. The summed E-state index contributed by atoms with van der Waals surface area (Å²) in [6, 6.07) is 6.17. The van der Waals surface area contributed by atoms with E-state index in [1.165, 1.54) is 44.9 Å². The highest BCUT2D eigenvalue weighted by Crippen LogP contribution is 2.33. The molecule has 116 valence electrons. The molecule has 0 amide bonds. The number of rotatable bonds is 5. The van der Waals surface area contributed by atoms with E-state index in [1.54, 1.807) is 6.07 Å². The number of benzene rings is 1. The SMILES string of the molecule is Fc1c(Cl)cccc1CC1CCCCCC1CNC1CC1. The molecule has 2 atom stereocenters. The Balaban J connectivity index is 1.67. The molecule has 2 aliphatic carbocycles. The van der Waals surface area contributed by atoms with Gasteiger partial charge in [0.05, 0.1) is 5.02 Å². The minimum Gasteiger partial charge on any atom is -0.314 e. The van der Waals surface area contributed by atoms with Crippen molar-refractivity contribution in [1.29, 1.82) is 0 Å². The fraction of sp³-hybridized carbons (Fsp3) is 0.667. The molecule has 2 aliphatic rings. The van der Waals surface area contributed by atoms with E-state index in [1.807, 2.05) is 12.1 Å². The van der Waals surface area contributed by atoms with E-state index < -0.39 is 0 Å². The number of hydrogen-bond donors (Lipinski definition) is 1. The van der Waals surface area contributed by atoms with Gasteiger partial charge in [-0.3, -0.25) is 0 Å². The average molecular weight is 310 g/mol. The Morgan fingerprint density at radius 2 is 1.81 bits per heavy atom. The van der Waals surface area contributed by atoms with Gasteiger partial charge in [0, 0.05) is 6.04 Å². The zero-order chi connectivity index (χ0) is 14.7. The Kier molecular flexibility index (Phi) is 5.18. The van der Waals surface area contributed by atoms with Gasteiger partial charge in [-0.2, -0.15) is 0 Å². The third-order valence-electron chi connectivity index (χ3n) is 5.08. The van der Waals surface area contributed by atoms with Crippen molar-refractivity contribution >= 4 is 11.6 Å². The fourth-order valence-electron chi connectivity index (χ4n) is 3.59. The van der Waals surface area contributed by atoms with Crippen molar-refractivity contribution in [1.82, 2.24) is 5.32 Å². The Morgan fingerprint density at radius 3 is 2.57 bits per heavy atom. The molecule has 1 aromatic carbocycles. The molecule has 1 N–H and O–H groups in total. The van der Waals surface area contributed by atoms with Crippen LogP contribution in [0.3, 0.4) is 0 Å². The van der Waals surface area contributed by atoms with Crippen molar-refractivity contribution in [3.63, 3.8) is 0 Å². The minimum atomic E-state index is -0.211. The molecule has 0 aromatic heterocycles. The first kappa shape index (κ1) is 15.3. The van der Waals surface area contributed by atoms with Crippen LogP contribution in [0.5, 0.6) is 0 Å². The lowest BCUT2D eigenvalue weighted by Crippen LogP contribution is -2.30. The van der Waals surface area contributed by atoms with E-state index in [0.717, 1.165) is 24.6 Å². The zero-order valence-electron chi connectivity index (χ0n) is 12.6. The maximum atomic E-state index is 14.2. The normalized spacial score (nSPS) is 26.6. The van der Waals surface area contributed by atoms with E-state index in [-0.39, 0.29) is 10.8 Å². The second-order valence-corrected chi connectivity index (χ2v) is 7.16. The van der Waals surface area contributed by atoms with Gasteiger partial charge in [-0.1, -0.05) is 43.0 Å². The third-order valence-corrected chi connectivity index (χ3v) is 5.37. The van der Waals surface area contributed by atoms with Crippen LogP contribution >= 0.6 is 11.6 Å². The van der Waals surface area contributed by atoms with Crippen molar-refractivity contribution in [2.75, 3.05) is 6.54 Å². The minimum absolute atomic E-state index is 0.211. The highest BCUT2D eigenvalue weighted by molar-refractivity contribution is 6.30. The highest BCUT2D eigenvalue weighted by Gasteiger charge is 2.28. The van der Waals surface area contributed by atoms with Crippen LogP contribution in [0.15, 0.2) is 18.2 Å². The van der Waals surface area contributed by atoms with Gasteiger partial charge in [0.1, 0.15) is 5.82 Å². The van der Waals surface area contributed by atoms with E-state index in [4.69, 9.17) is 11.6 Å². The summed E-state index contributed by atoms with van der Waals surface area (Å²) in [4.78, 5) is 0. The van der Waals surface area contributed by atoms with Crippen molar-refractivity contribution in [2.45, 2.75) is 57.4 Å². The van der Waals surface area contributed by atoms with Crippen LogP contribution in [-0.4, -0.2) is 12.6 Å². The largest absolute Gasteiger partial charge is 0.314 e. The number of hydrogen-bond acceptors (Lipinski definition) is 1. The van der Waals surface area contributed by atoms with Crippen molar-refractivity contribution in [3.05, 3.63) is 34.6 Å². The lowest BCUT2D eigenvalue weighted by Gasteiger charge is -2.26. The van der Waals surface area contributed by atoms with E-state index in [9.17, 15) is 4.39 Å². The molecular weight excluding hydrogens is 285 g/mol. The lowest BCUT2D eigenvalue weighted by molar-refractivity contribution is 0.294. The van der Waals surface area contributed by atoms with Crippen molar-refractivity contribution in [2.24, 2.45) is 11.8 Å². The molecule has 2 saturated carbocycles. The van der Waals surface area contributed by atoms with Crippen LogP contribution in [0.1, 0.15) is 50.5 Å². The first-order chi connectivity index (χ1) is 10.2. The molecule has 1 nitrogen and oxygen atoms in total.